The van der Waals surface area contributed by atoms with Crippen molar-refractivity contribution in [2.45, 2.75) is 25.0 Å². The molecule has 0 aromatic carbocycles. The van der Waals surface area contributed by atoms with Crippen LogP contribution < -0.4 is 11.1 Å². The molecule has 0 aromatic rings. The monoisotopic (exact) mass is 188 g/mol. The van der Waals surface area contributed by atoms with Crippen molar-refractivity contribution in [3.8, 4) is 0 Å². The minimum Gasteiger partial charge on any atom is -0.395 e. The molecular formula is C8H16N2O3. The Bertz CT molecular complexity index is 175. The van der Waals surface area contributed by atoms with Crippen LogP contribution in [0.2, 0.25) is 0 Å². The summed E-state index contributed by atoms with van der Waals surface area (Å²) in [5, 5.41) is 12.0. The SMILES string of the molecule is NC(=O)COC1CCNC(CO)C1. The average Bonchev–Trinajstić information content (AvgIpc) is 2.15. The molecule has 1 rings (SSSR count). The van der Waals surface area contributed by atoms with Gasteiger partial charge >= 0.3 is 0 Å². The summed E-state index contributed by atoms with van der Waals surface area (Å²) < 4.78 is 5.25. The minimum atomic E-state index is -0.445. The molecule has 1 heterocycles. The first-order chi connectivity index (χ1) is 6.22. The van der Waals surface area contributed by atoms with Gasteiger partial charge in [-0.25, -0.2) is 0 Å². The van der Waals surface area contributed by atoms with E-state index in [-0.39, 0.29) is 25.4 Å². The van der Waals surface area contributed by atoms with Crippen molar-refractivity contribution >= 4 is 5.91 Å². The zero-order valence-corrected chi connectivity index (χ0v) is 7.53. The Morgan fingerprint density at radius 2 is 2.46 bits per heavy atom. The van der Waals surface area contributed by atoms with Crippen LogP contribution in [0, 0.1) is 0 Å². The van der Waals surface area contributed by atoms with Crippen molar-refractivity contribution in [2.75, 3.05) is 19.8 Å². The van der Waals surface area contributed by atoms with Crippen LogP contribution in [0.4, 0.5) is 0 Å². The van der Waals surface area contributed by atoms with E-state index in [1.807, 2.05) is 0 Å². The van der Waals surface area contributed by atoms with E-state index in [1.54, 1.807) is 0 Å². The summed E-state index contributed by atoms with van der Waals surface area (Å²) in [7, 11) is 0. The van der Waals surface area contributed by atoms with Crippen LogP contribution in [0.1, 0.15) is 12.8 Å². The van der Waals surface area contributed by atoms with Crippen molar-refractivity contribution in [1.82, 2.24) is 5.32 Å². The van der Waals surface area contributed by atoms with E-state index in [0.717, 1.165) is 19.4 Å². The van der Waals surface area contributed by atoms with Gasteiger partial charge in [0.05, 0.1) is 12.7 Å². The number of piperidine rings is 1. The van der Waals surface area contributed by atoms with Crippen LogP contribution in [0.3, 0.4) is 0 Å². The molecule has 4 N–H and O–H groups in total. The number of rotatable bonds is 4. The summed E-state index contributed by atoms with van der Waals surface area (Å²) in [5.41, 5.74) is 4.95. The molecule has 0 aromatic heterocycles. The molecule has 0 aliphatic carbocycles. The first-order valence-corrected chi connectivity index (χ1v) is 4.46. The Kier molecular flexibility index (Phi) is 4.14. The number of nitrogens with one attached hydrogen (secondary N) is 1. The van der Waals surface area contributed by atoms with Crippen LogP contribution in [-0.4, -0.2) is 42.9 Å². The standard InChI is InChI=1S/C8H16N2O3/c9-8(12)5-13-7-1-2-10-6(3-7)4-11/h6-7,10-11H,1-5H2,(H2,9,12). The lowest BCUT2D eigenvalue weighted by molar-refractivity contribution is -0.125. The predicted octanol–water partition coefficient (Wildman–Crippen LogP) is -1.40. The molecule has 1 aliphatic rings. The first-order valence-electron chi connectivity index (χ1n) is 4.46. The highest BCUT2D eigenvalue weighted by Gasteiger charge is 2.21. The van der Waals surface area contributed by atoms with Gasteiger partial charge in [0, 0.05) is 6.04 Å². The van der Waals surface area contributed by atoms with Crippen molar-refractivity contribution in [2.24, 2.45) is 5.73 Å². The molecule has 76 valence electrons. The van der Waals surface area contributed by atoms with Gasteiger partial charge in [0.2, 0.25) is 5.91 Å². The fourth-order valence-corrected chi connectivity index (χ4v) is 1.46. The molecule has 0 radical (unpaired) electrons. The number of carbonyl (C=O) groups excluding carboxylic acids is 1. The lowest BCUT2D eigenvalue weighted by Crippen LogP contribution is -2.43. The molecule has 0 bridgehead atoms. The third-order valence-electron chi connectivity index (χ3n) is 2.13. The van der Waals surface area contributed by atoms with Crippen LogP contribution in [0.25, 0.3) is 0 Å². The number of nitrogens with two attached hydrogens (primary N) is 1. The second-order valence-electron chi connectivity index (χ2n) is 3.26. The van der Waals surface area contributed by atoms with E-state index in [1.165, 1.54) is 0 Å². The number of primary amides is 1. The number of aliphatic hydroxyl groups excluding tert-OH is 1. The molecule has 1 saturated heterocycles. The van der Waals surface area contributed by atoms with Crippen molar-refractivity contribution in [1.29, 1.82) is 0 Å². The third-order valence-corrected chi connectivity index (χ3v) is 2.13. The molecule has 2 atom stereocenters. The van der Waals surface area contributed by atoms with E-state index in [0.29, 0.717) is 0 Å². The zero-order chi connectivity index (χ0) is 9.68. The van der Waals surface area contributed by atoms with Crippen molar-refractivity contribution in [3.05, 3.63) is 0 Å². The maximum absolute atomic E-state index is 10.4. The van der Waals surface area contributed by atoms with Crippen LogP contribution in [0.5, 0.6) is 0 Å². The summed E-state index contributed by atoms with van der Waals surface area (Å²) in [4.78, 5) is 10.4. The van der Waals surface area contributed by atoms with Crippen LogP contribution in [0.15, 0.2) is 0 Å². The minimum absolute atomic E-state index is 0.0250. The summed E-state index contributed by atoms with van der Waals surface area (Å²) in [6, 6.07) is 0.0895. The van der Waals surface area contributed by atoms with E-state index in [9.17, 15) is 4.79 Å². The van der Waals surface area contributed by atoms with Gasteiger partial charge in [-0.3, -0.25) is 4.79 Å². The van der Waals surface area contributed by atoms with Crippen molar-refractivity contribution < 1.29 is 14.6 Å². The highest BCUT2D eigenvalue weighted by Crippen LogP contribution is 2.11. The average molecular weight is 188 g/mol. The van der Waals surface area contributed by atoms with Gasteiger partial charge in [-0.15, -0.1) is 0 Å². The first kappa shape index (κ1) is 10.4. The molecule has 0 spiro atoms. The molecule has 5 nitrogen and oxygen atoms in total. The molecule has 1 fully saturated rings. The fraction of sp³-hybridized carbons (Fsp3) is 0.875. The number of hydrogen-bond donors (Lipinski definition) is 3. The number of carbonyl (C=O) groups is 1. The Morgan fingerprint density at radius 1 is 1.69 bits per heavy atom. The molecule has 1 amide bonds. The number of amides is 1. The van der Waals surface area contributed by atoms with Crippen LogP contribution >= 0.6 is 0 Å². The molecule has 1 aliphatic heterocycles. The Balaban J connectivity index is 2.21. The Hall–Kier alpha value is -0.650. The van der Waals surface area contributed by atoms with Gasteiger partial charge < -0.3 is 20.9 Å². The second kappa shape index (κ2) is 5.16. The normalized spacial score (nSPS) is 28.7. The second-order valence-corrected chi connectivity index (χ2v) is 3.26. The number of hydrogen-bond acceptors (Lipinski definition) is 4. The number of aliphatic hydroxyl groups is 1. The molecule has 5 heteroatoms. The summed E-state index contributed by atoms with van der Waals surface area (Å²) in [6.07, 6.45) is 1.65. The summed E-state index contributed by atoms with van der Waals surface area (Å²) in [5.74, 6) is -0.445. The van der Waals surface area contributed by atoms with E-state index < -0.39 is 5.91 Å². The Morgan fingerprint density at radius 3 is 3.08 bits per heavy atom. The van der Waals surface area contributed by atoms with Crippen molar-refractivity contribution in [3.63, 3.8) is 0 Å². The van der Waals surface area contributed by atoms with Crippen LogP contribution in [-0.2, 0) is 9.53 Å². The maximum Gasteiger partial charge on any atom is 0.243 e. The zero-order valence-electron chi connectivity index (χ0n) is 7.53. The summed E-state index contributed by atoms with van der Waals surface area (Å²) in [6.45, 7) is 0.897. The van der Waals surface area contributed by atoms with E-state index in [4.69, 9.17) is 15.6 Å². The van der Waals surface area contributed by atoms with E-state index in [2.05, 4.69) is 5.32 Å². The quantitative estimate of drug-likeness (QED) is 0.506. The fourth-order valence-electron chi connectivity index (χ4n) is 1.46. The smallest absolute Gasteiger partial charge is 0.243 e. The number of ether oxygens (including phenoxy) is 1. The topological polar surface area (TPSA) is 84.6 Å². The lowest BCUT2D eigenvalue weighted by atomic mass is 10.0. The lowest BCUT2D eigenvalue weighted by Gasteiger charge is -2.28. The molecular weight excluding hydrogens is 172 g/mol. The van der Waals surface area contributed by atoms with E-state index >= 15 is 0 Å². The highest BCUT2D eigenvalue weighted by molar-refractivity contribution is 5.75. The molecule has 13 heavy (non-hydrogen) atoms. The molecule has 0 saturated carbocycles. The van der Waals surface area contributed by atoms with Gasteiger partial charge in [-0.1, -0.05) is 0 Å². The Labute approximate surface area is 77.2 Å². The molecule has 2 unspecified atom stereocenters. The maximum atomic E-state index is 10.4. The third kappa shape index (κ3) is 3.71. The van der Waals surface area contributed by atoms with Gasteiger partial charge in [0.1, 0.15) is 6.61 Å². The highest BCUT2D eigenvalue weighted by atomic mass is 16.5. The van der Waals surface area contributed by atoms with Gasteiger partial charge in [0.25, 0.3) is 0 Å². The van der Waals surface area contributed by atoms with Gasteiger partial charge in [0.15, 0.2) is 0 Å². The summed E-state index contributed by atoms with van der Waals surface area (Å²) >= 11 is 0. The van der Waals surface area contributed by atoms with Gasteiger partial charge in [-0.05, 0) is 19.4 Å². The van der Waals surface area contributed by atoms with Gasteiger partial charge in [-0.2, -0.15) is 0 Å². The largest absolute Gasteiger partial charge is 0.395 e. The predicted molar refractivity (Wildman–Crippen MR) is 47.0 cm³/mol.